The van der Waals surface area contributed by atoms with Gasteiger partial charge in [0.15, 0.2) is 0 Å². The van der Waals surface area contributed by atoms with Gasteiger partial charge < -0.3 is 14.8 Å². The molecule has 2 bridgehead atoms. The summed E-state index contributed by atoms with van der Waals surface area (Å²) in [4.78, 5) is 0. The van der Waals surface area contributed by atoms with Crippen LogP contribution in [0.25, 0.3) is 0 Å². The fourth-order valence-electron chi connectivity index (χ4n) is 2.14. The molecule has 1 aromatic carbocycles. The molecule has 2 saturated heterocycles. The van der Waals surface area contributed by atoms with Crippen molar-refractivity contribution in [2.75, 3.05) is 19.7 Å². The normalized spacial score (nSPS) is 31.1. The monoisotopic (exact) mass is 295 g/mol. The van der Waals surface area contributed by atoms with E-state index in [0.717, 1.165) is 12.1 Å². The zero-order chi connectivity index (χ0) is 11.2. The van der Waals surface area contributed by atoms with Crippen LogP contribution in [0.3, 0.4) is 0 Å². The van der Waals surface area contributed by atoms with E-state index in [1.165, 1.54) is 0 Å². The molecule has 3 nitrogen and oxygen atoms in total. The summed E-state index contributed by atoms with van der Waals surface area (Å²) in [5.74, 6) is -0.683. The molecule has 94 valence electrons. The molecule has 3 rings (SSSR count). The van der Waals surface area contributed by atoms with Crippen LogP contribution in [0.4, 0.5) is 0 Å². The van der Waals surface area contributed by atoms with Gasteiger partial charge in [-0.15, -0.1) is 12.4 Å². The molecule has 2 atom stereocenters. The summed E-state index contributed by atoms with van der Waals surface area (Å²) in [6, 6.07) is 5.46. The maximum absolute atomic E-state index is 6.00. The molecular formula is C11H12Cl3NO2. The van der Waals surface area contributed by atoms with Crippen molar-refractivity contribution in [1.29, 1.82) is 0 Å². The summed E-state index contributed by atoms with van der Waals surface area (Å²) >= 11 is 11.9. The predicted molar refractivity (Wildman–Crippen MR) is 69.1 cm³/mol. The molecule has 2 aliphatic rings. The zero-order valence-electron chi connectivity index (χ0n) is 8.91. The fourth-order valence-corrected chi connectivity index (χ4v) is 2.44. The Morgan fingerprint density at radius 2 is 2.12 bits per heavy atom. The minimum atomic E-state index is -0.683. The molecule has 0 spiro atoms. The number of morpholine rings is 1. The number of hydrogen-bond donors (Lipinski definition) is 1. The van der Waals surface area contributed by atoms with Crippen LogP contribution in [0.2, 0.25) is 10.0 Å². The topological polar surface area (TPSA) is 30.5 Å². The van der Waals surface area contributed by atoms with Crippen LogP contribution in [-0.2, 0) is 15.3 Å². The summed E-state index contributed by atoms with van der Waals surface area (Å²) in [7, 11) is 0. The maximum atomic E-state index is 6.00. The number of hydrogen-bond acceptors (Lipinski definition) is 3. The van der Waals surface area contributed by atoms with Crippen molar-refractivity contribution < 1.29 is 9.47 Å². The highest BCUT2D eigenvalue weighted by Gasteiger charge is 2.46. The first kappa shape index (κ1) is 13.4. The molecule has 1 aromatic rings. The molecule has 2 fully saturated rings. The third-order valence-corrected chi connectivity index (χ3v) is 3.69. The van der Waals surface area contributed by atoms with E-state index in [-0.39, 0.29) is 18.5 Å². The van der Waals surface area contributed by atoms with Gasteiger partial charge in [-0.05, 0) is 12.1 Å². The van der Waals surface area contributed by atoms with Crippen LogP contribution < -0.4 is 5.32 Å². The van der Waals surface area contributed by atoms with Gasteiger partial charge >= 0.3 is 0 Å². The number of halogens is 3. The van der Waals surface area contributed by atoms with E-state index in [0.29, 0.717) is 23.2 Å². The predicted octanol–water partition coefficient (Wildman–Crippen LogP) is 2.59. The second kappa shape index (κ2) is 4.92. The lowest BCUT2D eigenvalue weighted by molar-refractivity contribution is -0.186. The van der Waals surface area contributed by atoms with Crippen molar-refractivity contribution in [3.8, 4) is 0 Å². The Kier molecular flexibility index (Phi) is 3.88. The van der Waals surface area contributed by atoms with Gasteiger partial charge in [-0.3, -0.25) is 0 Å². The number of ether oxygens (including phenoxy) is 2. The molecule has 2 aliphatic heterocycles. The average Bonchev–Trinajstić information content (AvgIpc) is 2.59. The molecule has 2 heterocycles. The van der Waals surface area contributed by atoms with Crippen LogP contribution >= 0.6 is 35.6 Å². The lowest BCUT2D eigenvalue weighted by atomic mass is 10.0. The van der Waals surface area contributed by atoms with E-state index in [2.05, 4.69) is 5.32 Å². The SMILES string of the molecule is Cl.Clc1ccc(C23CNCC(CO2)O3)cc1Cl. The summed E-state index contributed by atoms with van der Waals surface area (Å²) in [6.07, 6.45) is 0.128. The Morgan fingerprint density at radius 1 is 1.29 bits per heavy atom. The average molecular weight is 297 g/mol. The van der Waals surface area contributed by atoms with Crippen LogP contribution in [-0.4, -0.2) is 25.8 Å². The molecule has 2 unspecified atom stereocenters. The lowest BCUT2D eigenvalue weighted by Crippen LogP contribution is -2.46. The zero-order valence-corrected chi connectivity index (χ0v) is 11.2. The molecule has 0 aromatic heterocycles. The number of rotatable bonds is 1. The number of nitrogens with one attached hydrogen (secondary N) is 1. The van der Waals surface area contributed by atoms with E-state index < -0.39 is 5.79 Å². The van der Waals surface area contributed by atoms with Gasteiger partial charge in [0.25, 0.3) is 0 Å². The van der Waals surface area contributed by atoms with E-state index in [1.807, 2.05) is 6.07 Å². The van der Waals surface area contributed by atoms with Crippen molar-refractivity contribution >= 4 is 35.6 Å². The highest BCUT2D eigenvalue weighted by molar-refractivity contribution is 6.42. The van der Waals surface area contributed by atoms with E-state index in [1.54, 1.807) is 12.1 Å². The minimum absolute atomic E-state index is 0. The highest BCUT2D eigenvalue weighted by atomic mass is 35.5. The van der Waals surface area contributed by atoms with Crippen molar-refractivity contribution in [3.63, 3.8) is 0 Å². The molecular weight excluding hydrogens is 284 g/mol. The molecule has 0 radical (unpaired) electrons. The van der Waals surface area contributed by atoms with Gasteiger partial charge in [-0.1, -0.05) is 29.3 Å². The summed E-state index contributed by atoms with van der Waals surface area (Å²) < 4.78 is 11.6. The number of benzene rings is 1. The first-order chi connectivity index (χ1) is 7.70. The second-order valence-corrected chi connectivity index (χ2v) is 4.88. The van der Waals surface area contributed by atoms with E-state index in [9.17, 15) is 0 Å². The van der Waals surface area contributed by atoms with Crippen LogP contribution in [0.15, 0.2) is 18.2 Å². The Hall–Kier alpha value is -0.0300. The van der Waals surface area contributed by atoms with Gasteiger partial charge in [-0.2, -0.15) is 0 Å². The molecule has 0 aliphatic carbocycles. The van der Waals surface area contributed by atoms with E-state index in [4.69, 9.17) is 32.7 Å². The molecule has 1 N–H and O–H groups in total. The van der Waals surface area contributed by atoms with Gasteiger partial charge in [0.2, 0.25) is 5.79 Å². The third kappa shape index (κ3) is 2.28. The first-order valence-electron chi connectivity index (χ1n) is 5.18. The standard InChI is InChI=1S/C11H11Cl2NO2.ClH/c12-9-2-1-7(3-10(9)13)11-6-14-4-8(16-11)5-15-11;/h1-3,8,14H,4-6H2;1H. The maximum Gasteiger partial charge on any atom is 0.208 e. The van der Waals surface area contributed by atoms with Gasteiger partial charge in [0.1, 0.15) is 0 Å². The summed E-state index contributed by atoms with van der Waals surface area (Å²) in [5, 5.41) is 4.36. The molecule has 0 saturated carbocycles. The summed E-state index contributed by atoms with van der Waals surface area (Å²) in [5.41, 5.74) is 0.914. The van der Waals surface area contributed by atoms with Crippen molar-refractivity contribution in [2.24, 2.45) is 0 Å². The minimum Gasteiger partial charge on any atom is -0.342 e. The number of fused-ring (bicyclic) bond motifs is 2. The highest BCUT2D eigenvalue weighted by Crippen LogP contribution is 2.38. The lowest BCUT2D eigenvalue weighted by Gasteiger charge is -2.32. The third-order valence-electron chi connectivity index (χ3n) is 2.95. The Morgan fingerprint density at radius 3 is 2.88 bits per heavy atom. The molecule has 0 amide bonds. The Balaban J connectivity index is 0.00000108. The van der Waals surface area contributed by atoms with Crippen LogP contribution in [0, 0.1) is 0 Å². The summed E-state index contributed by atoms with van der Waals surface area (Å²) in [6.45, 7) is 2.10. The second-order valence-electron chi connectivity index (χ2n) is 4.06. The van der Waals surface area contributed by atoms with Gasteiger partial charge in [0.05, 0.1) is 29.3 Å². The van der Waals surface area contributed by atoms with Crippen LogP contribution in [0.5, 0.6) is 0 Å². The van der Waals surface area contributed by atoms with Gasteiger partial charge in [0, 0.05) is 12.1 Å². The fraction of sp³-hybridized carbons (Fsp3) is 0.455. The Labute approximate surface area is 116 Å². The largest absolute Gasteiger partial charge is 0.342 e. The molecule has 17 heavy (non-hydrogen) atoms. The first-order valence-corrected chi connectivity index (χ1v) is 5.93. The van der Waals surface area contributed by atoms with Crippen molar-refractivity contribution in [1.82, 2.24) is 5.32 Å². The van der Waals surface area contributed by atoms with E-state index >= 15 is 0 Å². The van der Waals surface area contributed by atoms with Crippen molar-refractivity contribution in [3.05, 3.63) is 33.8 Å². The molecule has 6 heteroatoms. The Bertz CT molecular complexity index is 425. The van der Waals surface area contributed by atoms with Crippen LogP contribution in [0.1, 0.15) is 5.56 Å². The quantitative estimate of drug-likeness (QED) is 0.864. The van der Waals surface area contributed by atoms with Gasteiger partial charge in [-0.25, -0.2) is 0 Å². The van der Waals surface area contributed by atoms with Crippen molar-refractivity contribution in [2.45, 2.75) is 11.9 Å². The smallest absolute Gasteiger partial charge is 0.208 e.